The summed E-state index contributed by atoms with van der Waals surface area (Å²) in [5.74, 6) is -0.549. The molecule has 0 unspecified atom stereocenters. The van der Waals surface area contributed by atoms with Crippen LogP contribution in [0.25, 0.3) is 5.65 Å². The van der Waals surface area contributed by atoms with Crippen molar-refractivity contribution in [2.24, 2.45) is 5.92 Å². The topological polar surface area (TPSA) is 92.4 Å². The molecule has 17 heavy (non-hydrogen) atoms. The van der Waals surface area contributed by atoms with Gasteiger partial charge in [0.2, 0.25) is 5.65 Å². The van der Waals surface area contributed by atoms with Crippen LogP contribution in [-0.4, -0.2) is 36.7 Å². The lowest BCUT2D eigenvalue weighted by atomic mass is 10.1. The number of fused-ring (bicyclic) bond motifs is 1. The van der Waals surface area contributed by atoms with Crippen LogP contribution >= 0.6 is 0 Å². The Hall–Kier alpha value is -2.18. The van der Waals surface area contributed by atoms with E-state index in [9.17, 15) is 4.79 Å². The van der Waals surface area contributed by atoms with Crippen molar-refractivity contribution in [3.63, 3.8) is 0 Å². The van der Waals surface area contributed by atoms with Gasteiger partial charge >= 0.3 is 5.97 Å². The summed E-state index contributed by atoms with van der Waals surface area (Å²) < 4.78 is 1.68. The molecule has 0 bridgehead atoms. The summed E-state index contributed by atoms with van der Waals surface area (Å²) in [5, 5.41) is 19.6. The van der Waals surface area contributed by atoms with E-state index in [2.05, 4.69) is 20.5 Å². The largest absolute Gasteiger partial charge is 0.480 e. The number of rotatable bonds is 4. The molecule has 2 N–H and O–H groups in total. The number of carbonyl (C=O) groups is 1. The molecule has 0 spiro atoms. The summed E-state index contributed by atoms with van der Waals surface area (Å²) >= 11 is 0. The fraction of sp³-hybridized carbons (Fsp3) is 0.400. The first-order valence-electron chi connectivity index (χ1n) is 5.23. The highest BCUT2D eigenvalue weighted by atomic mass is 16.4. The smallest absolute Gasteiger partial charge is 0.326 e. The van der Waals surface area contributed by atoms with Gasteiger partial charge in [-0.1, -0.05) is 13.8 Å². The van der Waals surface area contributed by atoms with Crippen molar-refractivity contribution in [2.75, 3.05) is 5.32 Å². The predicted octanol–water partition coefficient (Wildman–Crippen LogP) is 0.645. The Bertz CT molecular complexity index is 536. The highest BCUT2D eigenvalue weighted by molar-refractivity contribution is 5.79. The molecule has 0 radical (unpaired) electrons. The number of nitrogens with zero attached hydrogens (tertiary/aromatic N) is 4. The van der Waals surface area contributed by atoms with E-state index >= 15 is 0 Å². The second-order valence-electron chi connectivity index (χ2n) is 4.04. The lowest BCUT2D eigenvalue weighted by molar-refractivity contribution is -0.138. The van der Waals surface area contributed by atoms with E-state index in [0.717, 1.165) is 0 Å². The molecule has 0 saturated heterocycles. The van der Waals surface area contributed by atoms with Crippen molar-refractivity contribution >= 4 is 17.4 Å². The Morgan fingerprint density at radius 1 is 1.53 bits per heavy atom. The minimum absolute atomic E-state index is 0.0579. The van der Waals surface area contributed by atoms with Gasteiger partial charge in [0.25, 0.3) is 0 Å². The van der Waals surface area contributed by atoms with Crippen LogP contribution in [0.5, 0.6) is 0 Å². The number of aliphatic carboxylic acids is 1. The number of hydrogen-bond donors (Lipinski definition) is 2. The second kappa shape index (κ2) is 4.36. The van der Waals surface area contributed by atoms with Gasteiger partial charge in [0.1, 0.15) is 12.4 Å². The van der Waals surface area contributed by atoms with Gasteiger partial charge in [-0.05, 0) is 5.92 Å². The summed E-state index contributed by atoms with van der Waals surface area (Å²) in [6.45, 7) is 3.66. The summed E-state index contributed by atoms with van der Waals surface area (Å²) in [6, 6.07) is -0.703. The molecule has 0 aromatic carbocycles. The normalized spacial score (nSPS) is 12.9. The van der Waals surface area contributed by atoms with E-state index < -0.39 is 12.0 Å². The van der Waals surface area contributed by atoms with Gasteiger partial charge in [-0.15, -0.1) is 10.2 Å². The van der Waals surface area contributed by atoms with E-state index in [0.29, 0.717) is 11.5 Å². The Balaban J connectivity index is 2.34. The minimum atomic E-state index is -0.914. The first kappa shape index (κ1) is 11.3. The van der Waals surface area contributed by atoms with Crippen LogP contribution in [0, 0.1) is 5.92 Å². The van der Waals surface area contributed by atoms with Crippen LogP contribution in [0.4, 0.5) is 5.82 Å². The zero-order chi connectivity index (χ0) is 12.4. The molecule has 0 amide bonds. The van der Waals surface area contributed by atoms with Crippen LogP contribution in [0.15, 0.2) is 18.7 Å². The molecule has 2 rings (SSSR count). The Morgan fingerprint density at radius 3 is 2.94 bits per heavy atom. The molecule has 7 nitrogen and oxygen atoms in total. The SMILES string of the molecule is CC(C)[C@@H](Nc1nccn2cnnc12)C(=O)O. The molecule has 2 aromatic rings. The second-order valence-corrected chi connectivity index (χ2v) is 4.04. The van der Waals surface area contributed by atoms with Crippen molar-refractivity contribution < 1.29 is 9.90 Å². The number of carboxylic acid groups (broad SMARTS) is 1. The average Bonchev–Trinajstić information content (AvgIpc) is 2.73. The van der Waals surface area contributed by atoms with E-state index in [1.807, 2.05) is 13.8 Å². The quantitative estimate of drug-likeness (QED) is 0.808. The number of anilines is 1. The van der Waals surface area contributed by atoms with Crippen molar-refractivity contribution in [2.45, 2.75) is 19.9 Å². The highest BCUT2D eigenvalue weighted by Crippen LogP contribution is 2.14. The van der Waals surface area contributed by atoms with Gasteiger partial charge in [-0.25, -0.2) is 9.78 Å². The molecule has 0 aliphatic heterocycles. The van der Waals surface area contributed by atoms with Gasteiger partial charge in [-0.3, -0.25) is 4.40 Å². The molecule has 0 aliphatic rings. The van der Waals surface area contributed by atoms with Gasteiger partial charge in [-0.2, -0.15) is 0 Å². The average molecular weight is 235 g/mol. The van der Waals surface area contributed by atoms with Crippen LogP contribution in [-0.2, 0) is 4.79 Å². The van der Waals surface area contributed by atoms with Crippen molar-refractivity contribution in [3.8, 4) is 0 Å². The Kier molecular flexibility index (Phi) is 2.90. The molecule has 2 aromatic heterocycles. The molecular weight excluding hydrogens is 222 g/mol. The first-order chi connectivity index (χ1) is 8.09. The minimum Gasteiger partial charge on any atom is -0.480 e. The van der Waals surface area contributed by atoms with Gasteiger partial charge in [0.15, 0.2) is 5.82 Å². The number of carboxylic acids is 1. The van der Waals surface area contributed by atoms with Crippen LogP contribution in [0.3, 0.4) is 0 Å². The Morgan fingerprint density at radius 2 is 2.29 bits per heavy atom. The lowest BCUT2D eigenvalue weighted by Crippen LogP contribution is -2.34. The molecule has 0 fully saturated rings. The summed E-state index contributed by atoms with van der Waals surface area (Å²) in [6.07, 6.45) is 4.80. The number of nitrogens with one attached hydrogen (secondary N) is 1. The molecular formula is C10H13N5O2. The zero-order valence-electron chi connectivity index (χ0n) is 9.53. The fourth-order valence-corrected chi connectivity index (χ4v) is 1.52. The van der Waals surface area contributed by atoms with Gasteiger partial charge in [0.05, 0.1) is 0 Å². The zero-order valence-corrected chi connectivity index (χ0v) is 9.53. The monoisotopic (exact) mass is 235 g/mol. The summed E-state index contributed by atoms with van der Waals surface area (Å²) in [4.78, 5) is 15.2. The van der Waals surface area contributed by atoms with E-state index in [-0.39, 0.29) is 5.92 Å². The maximum atomic E-state index is 11.1. The Labute approximate surface area is 97.5 Å². The molecule has 0 aliphatic carbocycles. The third kappa shape index (κ3) is 2.17. The summed E-state index contributed by atoms with van der Waals surface area (Å²) in [7, 11) is 0. The van der Waals surface area contributed by atoms with E-state index in [4.69, 9.17) is 5.11 Å². The van der Waals surface area contributed by atoms with Gasteiger partial charge in [0, 0.05) is 12.4 Å². The van der Waals surface area contributed by atoms with Crippen LogP contribution in [0.2, 0.25) is 0 Å². The third-order valence-corrected chi connectivity index (χ3v) is 2.44. The van der Waals surface area contributed by atoms with Crippen LogP contribution in [0.1, 0.15) is 13.8 Å². The molecule has 90 valence electrons. The van der Waals surface area contributed by atoms with Gasteiger partial charge < -0.3 is 10.4 Å². The van der Waals surface area contributed by atoms with E-state index in [1.54, 1.807) is 16.8 Å². The lowest BCUT2D eigenvalue weighted by Gasteiger charge is -2.18. The maximum absolute atomic E-state index is 11.1. The fourth-order valence-electron chi connectivity index (χ4n) is 1.52. The number of hydrogen-bond acceptors (Lipinski definition) is 5. The standard InChI is InChI=1S/C10H13N5O2/c1-6(2)7(10(16)17)13-8-9-14-12-5-15(9)4-3-11-8/h3-7H,1-2H3,(H,11,13)(H,16,17)/t7-/m1/s1. The van der Waals surface area contributed by atoms with Crippen LogP contribution < -0.4 is 5.32 Å². The number of aromatic nitrogens is 4. The summed E-state index contributed by atoms with van der Waals surface area (Å²) in [5.41, 5.74) is 0.513. The maximum Gasteiger partial charge on any atom is 0.326 e. The van der Waals surface area contributed by atoms with Crippen molar-refractivity contribution in [1.82, 2.24) is 19.6 Å². The molecule has 7 heteroatoms. The molecule has 0 saturated carbocycles. The van der Waals surface area contributed by atoms with Crippen molar-refractivity contribution in [3.05, 3.63) is 18.7 Å². The predicted molar refractivity (Wildman–Crippen MR) is 60.7 cm³/mol. The first-order valence-corrected chi connectivity index (χ1v) is 5.23. The molecule has 2 heterocycles. The highest BCUT2D eigenvalue weighted by Gasteiger charge is 2.22. The van der Waals surface area contributed by atoms with Crippen molar-refractivity contribution in [1.29, 1.82) is 0 Å². The molecule has 1 atom stereocenters. The van der Waals surface area contributed by atoms with E-state index in [1.165, 1.54) is 6.33 Å². The third-order valence-electron chi connectivity index (χ3n) is 2.44.